The van der Waals surface area contributed by atoms with Gasteiger partial charge in [0.25, 0.3) is 0 Å². The Kier molecular flexibility index (Phi) is 3.67. The van der Waals surface area contributed by atoms with E-state index in [1.807, 2.05) is 43.3 Å². The molecule has 0 amide bonds. The van der Waals surface area contributed by atoms with Gasteiger partial charge in [0.05, 0.1) is 5.56 Å². The van der Waals surface area contributed by atoms with Gasteiger partial charge in [-0.25, -0.2) is 0 Å². The summed E-state index contributed by atoms with van der Waals surface area (Å²) in [6, 6.07) is 13.2. The minimum Gasteiger partial charge on any atom is -0.456 e. The summed E-state index contributed by atoms with van der Waals surface area (Å²) in [7, 11) is 0. The minimum absolute atomic E-state index is 0.0222. The molecule has 0 fully saturated rings. The molecule has 0 aromatic heterocycles. The molecule has 2 aromatic rings. The lowest BCUT2D eigenvalue weighted by Crippen LogP contribution is -2.13. The zero-order valence-electron chi connectivity index (χ0n) is 9.91. The maximum Gasteiger partial charge on any atom is 0.139 e. The number of nitrogen functional groups attached to an aromatic ring is 1. The number of ether oxygens (including phenoxy) is 1. The lowest BCUT2D eigenvalue weighted by molar-refractivity contribution is 0.477. The summed E-state index contributed by atoms with van der Waals surface area (Å²) >= 11 is 3.38. The van der Waals surface area contributed by atoms with E-state index in [0.717, 1.165) is 15.8 Å². The number of para-hydroxylation sites is 1. The molecule has 3 nitrogen and oxygen atoms in total. The van der Waals surface area contributed by atoms with Crippen LogP contribution < -0.4 is 10.5 Å². The van der Waals surface area contributed by atoms with Gasteiger partial charge in [-0.1, -0.05) is 24.3 Å². The van der Waals surface area contributed by atoms with E-state index in [0.29, 0.717) is 11.3 Å². The number of hydrogen-bond acceptors (Lipinski definition) is 2. The van der Waals surface area contributed by atoms with Crippen LogP contribution in [0.1, 0.15) is 11.1 Å². The maximum atomic E-state index is 7.60. The normalized spacial score (nSPS) is 10.1. The SMILES string of the molecule is Cc1ccccc1Oc1cccc(Br)c1C(=N)N. The summed E-state index contributed by atoms with van der Waals surface area (Å²) in [6.07, 6.45) is 0. The molecule has 3 N–H and O–H groups in total. The van der Waals surface area contributed by atoms with Crippen LogP contribution in [0.4, 0.5) is 0 Å². The standard InChI is InChI=1S/C14H13BrN2O/c1-9-5-2-3-7-11(9)18-12-8-4-6-10(15)13(12)14(16)17/h2-8H,1H3,(H3,16,17). The zero-order valence-corrected chi connectivity index (χ0v) is 11.5. The van der Waals surface area contributed by atoms with E-state index < -0.39 is 0 Å². The van der Waals surface area contributed by atoms with Gasteiger partial charge in [0.15, 0.2) is 0 Å². The Balaban J connectivity index is 2.44. The molecule has 0 unspecified atom stereocenters. The molecule has 0 spiro atoms. The third-order valence-corrected chi connectivity index (χ3v) is 3.22. The molecule has 0 saturated heterocycles. The Labute approximate surface area is 114 Å². The zero-order chi connectivity index (χ0) is 13.1. The first-order valence-electron chi connectivity index (χ1n) is 5.46. The van der Waals surface area contributed by atoms with Crippen molar-refractivity contribution in [1.82, 2.24) is 0 Å². The Morgan fingerprint density at radius 2 is 1.78 bits per heavy atom. The topological polar surface area (TPSA) is 59.1 Å². The van der Waals surface area contributed by atoms with Crippen molar-refractivity contribution in [2.45, 2.75) is 6.92 Å². The van der Waals surface area contributed by atoms with Crippen molar-refractivity contribution in [3.63, 3.8) is 0 Å². The monoisotopic (exact) mass is 304 g/mol. The van der Waals surface area contributed by atoms with E-state index in [9.17, 15) is 0 Å². The molecule has 0 saturated carbocycles. The molecule has 0 aliphatic heterocycles. The summed E-state index contributed by atoms with van der Waals surface area (Å²) < 4.78 is 6.58. The van der Waals surface area contributed by atoms with E-state index >= 15 is 0 Å². The van der Waals surface area contributed by atoms with Crippen LogP contribution in [0.3, 0.4) is 0 Å². The van der Waals surface area contributed by atoms with Gasteiger partial charge in [-0.3, -0.25) is 5.41 Å². The second-order valence-electron chi connectivity index (χ2n) is 3.89. The van der Waals surface area contributed by atoms with Gasteiger partial charge in [-0.15, -0.1) is 0 Å². The predicted molar refractivity (Wildman–Crippen MR) is 76.4 cm³/mol. The fraction of sp³-hybridized carbons (Fsp3) is 0.0714. The molecule has 0 heterocycles. The number of nitrogens with one attached hydrogen (secondary N) is 1. The summed E-state index contributed by atoms with van der Waals surface area (Å²) in [4.78, 5) is 0. The Morgan fingerprint density at radius 1 is 1.11 bits per heavy atom. The number of hydrogen-bond donors (Lipinski definition) is 2. The maximum absolute atomic E-state index is 7.60. The van der Waals surface area contributed by atoms with Crippen molar-refractivity contribution in [2.75, 3.05) is 0 Å². The second kappa shape index (κ2) is 5.23. The average molecular weight is 305 g/mol. The lowest BCUT2D eigenvalue weighted by Gasteiger charge is -2.13. The highest BCUT2D eigenvalue weighted by molar-refractivity contribution is 9.10. The molecule has 0 aliphatic carbocycles. The van der Waals surface area contributed by atoms with E-state index in [2.05, 4.69) is 15.9 Å². The first-order valence-corrected chi connectivity index (χ1v) is 6.25. The van der Waals surface area contributed by atoms with Crippen molar-refractivity contribution in [1.29, 1.82) is 5.41 Å². The van der Waals surface area contributed by atoms with Gasteiger partial charge >= 0.3 is 0 Å². The van der Waals surface area contributed by atoms with Crippen LogP contribution in [0, 0.1) is 12.3 Å². The van der Waals surface area contributed by atoms with Gasteiger partial charge in [0, 0.05) is 4.47 Å². The number of aryl methyl sites for hydroxylation is 1. The van der Waals surface area contributed by atoms with Crippen LogP contribution in [0.5, 0.6) is 11.5 Å². The van der Waals surface area contributed by atoms with Crippen LogP contribution in [0.15, 0.2) is 46.9 Å². The minimum atomic E-state index is -0.0222. The number of nitrogens with two attached hydrogens (primary N) is 1. The molecular weight excluding hydrogens is 292 g/mol. The molecule has 4 heteroatoms. The quantitative estimate of drug-likeness (QED) is 0.668. The highest BCUT2D eigenvalue weighted by Crippen LogP contribution is 2.31. The van der Waals surface area contributed by atoms with E-state index in [1.165, 1.54) is 0 Å². The first kappa shape index (κ1) is 12.6. The third kappa shape index (κ3) is 2.54. The fourth-order valence-corrected chi connectivity index (χ4v) is 2.20. The average Bonchev–Trinajstić information content (AvgIpc) is 2.31. The van der Waals surface area contributed by atoms with Gasteiger partial charge in [-0.2, -0.15) is 0 Å². The fourth-order valence-electron chi connectivity index (χ4n) is 1.64. The van der Waals surface area contributed by atoms with Crippen molar-refractivity contribution < 1.29 is 4.74 Å². The van der Waals surface area contributed by atoms with Gasteiger partial charge in [-0.05, 0) is 46.6 Å². The van der Waals surface area contributed by atoms with E-state index in [-0.39, 0.29) is 5.84 Å². The summed E-state index contributed by atoms with van der Waals surface area (Å²) in [6.45, 7) is 1.97. The molecule has 0 aliphatic rings. The molecule has 2 rings (SSSR count). The first-order chi connectivity index (χ1) is 8.59. The van der Waals surface area contributed by atoms with Crippen LogP contribution >= 0.6 is 15.9 Å². The van der Waals surface area contributed by atoms with Crippen molar-refractivity contribution in [3.05, 3.63) is 58.1 Å². The molecule has 18 heavy (non-hydrogen) atoms. The number of rotatable bonds is 3. The second-order valence-corrected chi connectivity index (χ2v) is 4.75. The van der Waals surface area contributed by atoms with Gasteiger partial charge in [0.2, 0.25) is 0 Å². The Bertz CT molecular complexity index is 596. The van der Waals surface area contributed by atoms with E-state index in [4.69, 9.17) is 15.9 Å². The van der Waals surface area contributed by atoms with E-state index in [1.54, 1.807) is 6.07 Å². The summed E-state index contributed by atoms with van der Waals surface area (Å²) in [5, 5.41) is 7.60. The van der Waals surface area contributed by atoms with Crippen molar-refractivity contribution in [3.8, 4) is 11.5 Å². The molecule has 2 aromatic carbocycles. The van der Waals surface area contributed by atoms with Crippen LogP contribution in [0.2, 0.25) is 0 Å². The van der Waals surface area contributed by atoms with Crippen LogP contribution in [0.25, 0.3) is 0 Å². The van der Waals surface area contributed by atoms with Crippen LogP contribution in [-0.2, 0) is 0 Å². The number of benzene rings is 2. The molecular formula is C14H13BrN2O. The van der Waals surface area contributed by atoms with Crippen molar-refractivity contribution in [2.24, 2.45) is 5.73 Å². The summed E-state index contributed by atoms with van der Waals surface area (Å²) in [5.41, 5.74) is 7.18. The van der Waals surface area contributed by atoms with Gasteiger partial charge in [0.1, 0.15) is 17.3 Å². The Morgan fingerprint density at radius 3 is 2.44 bits per heavy atom. The lowest BCUT2D eigenvalue weighted by atomic mass is 10.1. The largest absolute Gasteiger partial charge is 0.456 e. The molecule has 0 atom stereocenters. The summed E-state index contributed by atoms with van der Waals surface area (Å²) in [5.74, 6) is 1.32. The number of amidine groups is 1. The molecule has 0 radical (unpaired) electrons. The number of halogens is 1. The Hall–Kier alpha value is -1.81. The van der Waals surface area contributed by atoms with Crippen LogP contribution in [-0.4, -0.2) is 5.84 Å². The predicted octanol–water partition coefficient (Wildman–Crippen LogP) is 3.83. The highest BCUT2D eigenvalue weighted by Gasteiger charge is 2.12. The highest BCUT2D eigenvalue weighted by atomic mass is 79.9. The molecule has 0 bridgehead atoms. The smallest absolute Gasteiger partial charge is 0.139 e. The van der Waals surface area contributed by atoms with Crippen molar-refractivity contribution >= 4 is 21.8 Å². The van der Waals surface area contributed by atoms with Gasteiger partial charge < -0.3 is 10.5 Å². The third-order valence-electron chi connectivity index (χ3n) is 2.56. The molecule has 92 valence electrons.